The van der Waals surface area contributed by atoms with Crippen LogP contribution < -0.4 is 10.5 Å². The Labute approximate surface area is 94.1 Å². The van der Waals surface area contributed by atoms with Crippen molar-refractivity contribution in [2.24, 2.45) is 5.14 Å². The molecule has 0 heterocycles. The average molecular weight is 252 g/mol. The number of nitrogens with two attached hydrogens (primary N) is 1. The van der Waals surface area contributed by atoms with Gasteiger partial charge in [-0.15, -0.1) is 0 Å². The molecule has 94 valence electrons. The van der Waals surface area contributed by atoms with E-state index in [1.54, 1.807) is 0 Å². The molecule has 0 radical (unpaired) electrons. The first kappa shape index (κ1) is 14.8. The lowest BCUT2D eigenvalue weighted by Gasteiger charge is -2.03. The molecule has 4 N–H and O–H groups in total. The lowest BCUT2D eigenvalue weighted by Crippen LogP contribution is -2.27. The maximum atomic E-state index is 11.1. The van der Waals surface area contributed by atoms with E-state index in [0.29, 0.717) is 0 Å². The Hall–Kier alpha value is -1.15. The molecular formula is C8H16N2O5S. The Kier molecular flexibility index (Phi) is 6.66. The maximum Gasteiger partial charge on any atom is 0.303 e. The minimum atomic E-state index is -3.48. The van der Waals surface area contributed by atoms with Crippen LogP contribution in [0, 0.1) is 0 Å². The van der Waals surface area contributed by atoms with E-state index in [4.69, 9.17) is 10.2 Å². The van der Waals surface area contributed by atoms with E-state index in [1.807, 2.05) is 0 Å². The third-order valence-electron chi connectivity index (χ3n) is 1.72. The highest BCUT2D eigenvalue weighted by Gasteiger charge is 2.05. The number of carbonyl (C=O) groups excluding carboxylic acids is 1. The summed E-state index contributed by atoms with van der Waals surface area (Å²) in [6, 6.07) is 0. The summed E-state index contributed by atoms with van der Waals surface area (Å²) in [5.74, 6) is -1.40. The van der Waals surface area contributed by atoms with E-state index in [0.717, 1.165) is 0 Å². The molecule has 0 aliphatic heterocycles. The fourth-order valence-electron chi connectivity index (χ4n) is 0.990. The number of hydrogen-bond acceptors (Lipinski definition) is 4. The van der Waals surface area contributed by atoms with Gasteiger partial charge in [-0.1, -0.05) is 0 Å². The second kappa shape index (κ2) is 7.18. The van der Waals surface area contributed by atoms with Crippen molar-refractivity contribution in [2.45, 2.75) is 25.7 Å². The van der Waals surface area contributed by atoms with Gasteiger partial charge < -0.3 is 10.4 Å². The number of carboxylic acid groups (broad SMARTS) is 1. The van der Waals surface area contributed by atoms with Crippen molar-refractivity contribution in [2.75, 3.05) is 12.3 Å². The van der Waals surface area contributed by atoms with Crippen LogP contribution >= 0.6 is 0 Å². The number of nitrogens with one attached hydrogen (secondary N) is 1. The molecule has 0 fully saturated rings. The number of hydrogen-bond donors (Lipinski definition) is 3. The highest BCUT2D eigenvalue weighted by Crippen LogP contribution is 1.95. The topological polar surface area (TPSA) is 127 Å². The standard InChI is InChI=1S/C8H16N2O5S/c9-16(14,15)6-2-5-10-7(11)3-1-4-8(12)13/h1-6H2,(H,10,11)(H,12,13)(H2,9,14,15). The molecule has 8 heteroatoms. The van der Waals surface area contributed by atoms with Gasteiger partial charge >= 0.3 is 5.97 Å². The zero-order valence-corrected chi connectivity index (χ0v) is 9.62. The van der Waals surface area contributed by atoms with E-state index in [2.05, 4.69) is 5.32 Å². The molecule has 0 unspecified atom stereocenters. The SMILES string of the molecule is NS(=O)(=O)CCCNC(=O)CCCC(=O)O. The number of amides is 1. The smallest absolute Gasteiger partial charge is 0.303 e. The maximum absolute atomic E-state index is 11.1. The molecule has 7 nitrogen and oxygen atoms in total. The number of rotatable bonds is 8. The first-order valence-corrected chi connectivity index (χ1v) is 6.52. The summed E-state index contributed by atoms with van der Waals surface area (Å²) >= 11 is 0. The van der Waals surface area contributed by atoms with Crippen LogP contribution in [0.4, 0.5) is 0 Å². The Balaban J connectivity index is 3.48. The molecule has 0 rings (SSSR count). The summed E-state index contributed by atoms with van der Waals surface area (Å²) in [5.41, 5.74) is 0. The quantitative estimate of drug-likeness (QED) is 0.479. The highest BCUT2D eigenvalue weighted by atomic mass is 32.2. The average Bonchev–Trinajstić information content (AvgIpc) is 2.10. The minimum Gasteiger partial charge on any atom is -0.481 e. The first-order valence-electron chi connectivity index (χ1n) is 4.80. The minimum absolute atomic E-state index is 0.0510. The van der Waals surface area contributed by atoms with E-state index in [1.165, 1.54) is 0 Å². The molecule has 16 heavy (non-hydrogen) atoms. The summed E-state index contributed by atoms with van der Waals surface area (Å²) < 4.78 is 21.0. The lowest BCUT2D eigenvalue weighted by molar-refractivity contribution is -0.137. The van der Waals surface area contributed by atoms with Crippen LogP contribution in [0.5, 0.6) is 0 Å². The van der Waals surface area contributed by atoms with Crippen molar-refractivity contribution in [3.05, 3.63) is 0 Å². The largest absolute Gasteiger partial charge is 0.481 e. The van der Waals surface area contributed by atoms with Crippen molar-refractivity contribution in [1.82, 2.24) is 5.32 Å². The Morgan fingerprint density at radius 1 is 1.19 bits per heavy atom. The summed E-state index contributed by atoms with van der Waals surface area (Å²) in [5, 5.41) is 15.6. The van der Waals surface area contributed by atoms with Crippen LogP contribution in [0.3, 0.4) is 0 Å². The Bertz CT molecular complexity index is 338. The van der Waals surface area contributed by atoms with E-state index >= 15 is 0 Å². The molecule has 0 aromatic carbocycles. The molecule has 0 aliphatic carbocycles. The number of aliphatic carboxylic acids is 1. The van der Waals surface area contributed by atoms with Gasteiger partial charge in [0.05, 0.1) is 5.75 Å². The van der Waals surface area contributed by atoms with Crippen LogP contribution in [-0.4, -0.2) is 37.7 Å². The van der Waals surface area contributed by atoms with Crippen molar-refractivity contribution < 1.29 is 23.1 Å². The number of carboxylic acids is 1. The zero-order valence-electron chi connectivity index (χ0n) is 8.81. The van der Waals surface area contributed by atoms with Crippen LogP contribution in [-0.2, 0) is 19.6 Å². The molecule has 0 aromatic rings. The lowest BCUT2D eigenvalue weighted by atomic mass is 10.2. The van der Waals surface area contributed by atoms with E-state index in [-0.39, 0.29) is 43.9 Å². The van der Waals surface area contributed by atoms with Gasteiger partial charge in [-0.3, -0.25) is 9.59 Å². The van der Waals surface area contributed by atoms with Gasteiger partial charge in [-0.2, -0.15) is 0 Å². The number of sulfonamides is 1. The predicted molar refractivity (Wildman–Crippen MR) is 57.1 cm³/mol. The fourth-order valence-corrected chi connectivity index (χ4v) is 1.54. The highest BCUT2D eigenvalue weighted by molar-refractivity contribution is 7.89. The Morgan fingerprint density at radius 3 is 2.31 bits per heavy atom. The summed E-state index contributed by atoms with van der Waals surface area (Å²) in [4.78, 5) is 21.2. The van der Waals surface area contributed by atoms with Gasteiger partial charge in [0, 0.05) is 19.4 Å². The second-order valence-corrected chi connectivity index (χ2v) is 5.05. The van der Waals surface area contributed by atoms with Crippen LogP contribution in [0.2, 0.25) is 0 Å². The third kappa shape index (κ3) is 10.9. The third-order valence-corrected chi connectivity index (χ3v) is 2.58. The zero-order chi connectivity index (χ0) is 12.6. The Morgan fingerprint density at radius 2 is 1.81 bits per heavy atom. The molecule has 0 spiro atoms. The first-order chi connectivity index (χ1) is 7.31. The van der Waals surface area contributed by atoms with Crippen LogP contribution in [0.25, 0.3) is 0 Å². The van der Waals surface area contributed by atoms with Crippen LogP contribution in [0.15, 0.2) is 0 Å². The van der Waals surface area contributed by atoms with Gasteiger partial charge in [0.2, 0.25) is 15.9 Å². The fraction of sp³-hybridized carbons (Fsp3) is 0.750. The monoisotopic (exact) mass is 252 g/mol. The normalized spacial score (nSPS) is 11.1. The predicted octanol–water partition coefficient (Wildman–Crippen LogP) is -0.964. The molecular weight excluding hydrogens is 236 g/mol. The van der Waals surface area contributed by atoms with Gasteiger partial charge in [0.15, 0.2) is 0 Å². The van der Waals surface area contributed by atoms with E-state index in [9.17, 15) is 18.0 Å². The van der Waals surface area contributed by atoms with Crippen molar-refractivity contribution in [3.63, 3.8) is 0 Å². The molecule has 0 bridgehead atoms. The van der Waals surface area contributed by atoms with Crippen molar-refractivity contribution >= 4 is 21.9 Å². The van der Waals surface area contributed by atoms with Crippen molar-refractivity contribution in [3.8, 4) is 0 Å². The van der Waals surface area contributed by atoms with Gasteiger partial charge in [0.1, 0.15) is 0 Å². The number of carbonyl (C=O) groups is 2. The molecule has 0 atom stereocenters. The molecule has 0 saturated carbocycles. The van der Waals surface area contributed by atoms with Crippen LogP contribution in [0.1, 0.15) is 25.7 Å². The second-order valence-electron chi connectivity index (χ2n) is 3.32. The molecule has 0 aromatic heterocycles. The summed E-state index contributed by atoms with van der Waals surface area (Å²) in [7, 11) is -3.48. The summed E-state index contributed by atoms with van der Waals surface area (Å²) in [6.07, 6.45) is 0.603. The molecule has 0 aliphatic rings. The van der Waals surface area contributed by atoms with Gasteiger partial charge in [-0.25, -0.2) is 13.6 Å². The van der Waals surface area contributed by atoms with Gasteiger partial charge in [-0.05, 0) is 12.8 Å². The number of primary sulfonamides is 1. The van der Waals surface area contributed by atoms with E-state index < -0.39 is 16.0 Å². The summed E-state index contributed by atoms with van der Waals surface area (Å²) in [6.45, 7) is 0.225. The molecule has 1 amide bonds. The molecule has 0 saturated heterocycles. The van der Waals surface area contributed by atoms with Crippen molar-refractivity contribution in [1.29, 1.82) is 0 Å². The van der Waals surface area contributed by atoms with Gasteiger partial charge in [0.25, 0.3) is 0 Å².